The Morgan fingerprint density at radius 1 is 1.05 bits per heavy atom. The molecule has 0 radical (unpaired) electrons. The topological polar surface area (TPSA) is 77.8 Å². The molecular formula is C15H12O4. The molecule has 0 unspecified atom stereocenters. The van der Waals surface area contributed by atoms with E-state index in [-0.39, 0.29) is 23.5 Å². The third-order valence-corrected chi connectivity index (χ3v) is 3.48. The predicted octanol–water partition coefficient (Wildman–Crippen LogP) is 1.73. The van der Waals surface area contributed by atoms with Crippen molar-refractivity contribution in [2.45, 2.75) is 13.0 Å². The summed E-state index contributed by atoms with van der Waals surface area (Å²) in [4.78, 5) is 12.3. The largest absolute Gasteiger partial charge is 0.504 e. The van der Waals surface area contributed by atoms with E-state index in [1.54, 1.807) is 18.2 Å². The van der Waals surface area contributed by atoms with E-state index in [1.807, 2.05) is 12.1 Å². The van der Waals surface area contributed by atoms with Crippen LogP contribution in [0.5, 0.6) is 11.5 Å². The molecule has 0 bridgehead atoms. The first-order valence-corrected chi connectivity index (χ1v) is 5.93. The quantitative estimate of drug-likeness (QED) is 0.579. The van der Waals surface area contributed by atoms with Crippen LogP contribution < -0.4 is 0 Å². The van der Waals surface area contributed by atoms with E-state index < -0.39 is 11.5 Å². The number of hydrogen-bond donors (Lipinski definition) is 3. The van der Waals surface area contributed by atoms with Crippen LogP contribution in [-0.2, 0) is 13.0 Å². The average molecular weight is 256 g/mol. The lowest BCUT2D eigenvalue weighted by molar-refractivity contribution is 0.103. The first-order valence-electron chi connectivity index (χ1n) is 5.93. The predicted molar refractivity (Wildman–Crippen MR) is 68.4 cm³/mol. The molecule has 4 heteroatoms. The molecule has 0 saturated carbocycles. The minimum Gasteiger partial charge on any atom is -0.504 e. The van der Waals surface area contributed by atoms with Crippen LogP contribution in [0.4, 0.5) is 0 Å². The average Bonchev–Trinajstić information content (AvgIpc) is 2.42. The van der Waals surface area contributed by atoms with Crippen molar-refractivity contribution in [3.05, 3.63) is 58.1 Å². The van der Waals surface area contributed by atoms with E-state index in [9.17, 15) is 15.0 Å². The fourth-order valence-corrected chi connectivity index (χ4v) is 2.52. The van der Waals surface area contributed by atoms with Crippen molar-refractivity contribution in [1.29, 1.82) is 0 Å². The lowest BCUT2D eigenvalue weighted by Crippen LogP contribution is -2.15. The highest BCUT2D eigenvalue weighted by molar-refractivity contribution is 6.14. The Morgan fingerprint density at radius 2 is 1.79 bits per heavy atom. The van der Waals surface area contributed by atoms with E-state index in [2.05, 4.69) is 0 Å². The van der Waals surface area contributed by atoms with Gasteiger partial charge in [0.25, 0.3) is 0 Å². The standard InChI is InChI=1S/C15H12O4/c16-7-10-6-9-5-8-3-1-2-4-11(8)14(18)12(9)15(19)13(10)17/h1-4,6,16-17,19H,5,7H2. The number of fused-ring (bicyclic) bond motifs is 2. The number of phenolic OH excluding ortho intramolecular Hbond substituents is 1. The van der Waals surface area contributed by atoms with Crippen LogP contribution in [-0.4, -0.2) is 21.1 Å². The zero-order valence-electron chi connectivity index (χ0n) is 10.1. The summed E-state index contributed by atoms with van der Waals surface area (Å²) in [5.41, 5.74) is 2.41. The molecule has 0 heterocycles. The summed E-state index contributed by atoms with van der Waals surface area (Å²) in [6.07, 6.45) is 0.498. The summed E-state index contributed by atoms with van der Waals surface area (Å²) >= 11 is 0. The van der Waals surface area contributed by atoms with E-state index >= 15 is 0 Å². The number of aliphatic hydroxyl groups excluding tert-OH is 1. The molecule has 0 atom stereocenters. The molecule has 3 rings (SSSR count). The molecule has 1 aliphatic rings. The van der Waals surface area contributed by atoms with Gasteiger partial charge in [-0.25, -0.2) is 0 Å². The molecular weight excluding hydrogens is 244 g/mol. The van der Waals surface area contributed by atoms with Gasteiger partial charge in [-0.1, -0.05) is 24.3 Å². The SMILES string of the molecule is O=C1c2ccccc2Cc2cc(CO)c(O)c(O)c21. The number of benzene rings is 2. The molecule has 0 amide bonds. The molecule has 2 aromatic carbocycles. The first kappa shape index (κ1) is 11.7. The molecule has 0 aromatic heterocycles. The molecule has 1 aliphatic carbocycles. The number of phenols is 2. The van der Waals surface area contributed by atoms with Crippen molar-refractivity contribution in [3.63, 3.8) is 0 Å². The van der Waals surface area contributed by atoms with Gasteiger partial charge >= 0.3 is 0 Å². The van der Waals surface area contributed by atoms with Gasteiger partial charge in [0.2, 0.25) is 0 Å². The van der Waals surface area contributed by atoms with Crippen molar-refractivity contribution in [2.75, 3.05) is 0 Å². The highest BCUT2D eigenvalue weighted by Crippen LogP contribution is 2.40. The number of carbonyl (C=O) groups excluding carboxylic acids is 1. The highest BCUT2D eigenvalue weighted by atomic mass is 16.3. The molecule has 0 spiro atoms. The summed E-state index contributed by atoms with van der Waals surface area (Å²) in [6.45, 7) is -0.386. The Bertz CT molecular complexity index is 689. The van der Waals surface area contributed by atoms with Gasteiger partial charge in [-0.3, -0.25) is 4.79 Å². The van der Waals surface area contributed by atoms with Crippen LogP contribution in [0.2, 0.25) is 0 Å². The smallest absolute Gasteiger partial charge is 0.197 e. The van der Waals surface area contributed by atoms with Gasteiger partial charge in [-0.15, -0.1) is 0 Å². The maximum Gasteiger partial charge on any atom is 0.197 e. The van der Waals surface area contributed by atoms with Crippen LogP contribution in [0.25, 0.3) is 0 Å². The van der Waals surface area contributed by atoms with Crippen LogP contribution in [0.15, 0.2) is 30.3 Å². The van der Waals surface area contributed by atoms with Crippen LogP contribution in [0.3, 0.4) is 0 Å². The minimum atomic E-state index is -0.443. The van der Waals surface area contributed by atoms with Crippen LogP contribution in [0, 0.1) is 0 Å². The molecule has 2 aromatic rings. The molecule has 0 aliphatic heterocycles. The van der Waals surface area contributed by atoms with Gasteiger partial charge in [0.05, 0.1) is 12.2 Å². The fraction of sp³-hybridized carbons (Fsp3) is 0.133. The van der Waals surface area contributed by atoms with Crippen molar-refractivity contribution in [2.24, 2.45) is 0 Å². The Balaban J connectivity index is 2.26. The molecule has 0 saturated heterocycles. The normalized spacial score (nSPS) is 13.0. The van der Waals surface area contributed by atoms with E-state index in [0.717, 1.165) is 5.56 Å². The minimum absolute atomic E-state index is 0.133. The van der Waals surface area contributed by atoms with Crippen molar-refractivity contribution in [3.8, 4) is 11.5 Å². The van der Waals surface area contributed by atoms with Crippen molar-refractivity contribution in [1.82, 2.24) is 0 Å². The molecule has 3 N–H and O–H groups in total. The van der Waals surface area contributed by atoms with Crippen molar-refractivity contribution >= 4 is 5.78 Å². The summed E-state index contributed by atoms with van der Waals surface area (Å²) in [5, 5.41) is 28.9. The van der Waals surface area contributed by atoms with Gasteiger partial charge in [0.15, 0.2) is 17.3 Å². The molecule has 0 fully saturated rings. The number of hydrogen-bond acceptors (Lipinski definition) is 4. The van der Waals surface area contributed by atoms with Gasteiger partial charge in [-0.2, -0.15) is 0 Å². The summed E-state index contributed by atoms with van der Waals surface area (Å²) in [6, 6.07) is 8.75. The number of aliphatic hydroxyl groups is 1. The second-order valence-corrected chi connectivity index (χ2v) is 4.59. The zero-order valence-corrected chi connectivity index (χ0v) is 10.1. The molecule has 4 nitrogen and oxygen atoms in total. The van der Waals surface area contributed by atoms with Gasteiger partial charge in [0, 0.05) is 11.1 Å². The lowest BCUT2D eigenvalue weighted by Gasteiger charge is -2.21. The Kier molecular flexibility index (Phi) is 2.54. The summed E-state index contributed by atoms with van der Waals surface area (Å²) in [5.74, 6) is -1.16. The van der Waals surface area contributed by atoms with E-state index in [4.69, 9.17) is 5.11 Å². The maximum absolute atomic E-state index is 12.3. The van der Waals surface area contributed by atoms with E-state index in [1.165, 1.54) is 0 Å². The maximum atomic E-state index is 12.3. The first-order chi connectivity index (χ1) is 9.13. The Hall–Kier alpha value is -2.33. The second kappa shape index (κ2) is 4.10. The summed E-state index contributed by atoms with van der Waals surface area (Å²) in [7, 11) is 0. The Morgan fingerprint density at radius 3 is 2.53 bits per heavy atom. The molecule has 19 heavy (non-hydrogen) atoms. The van der Waals surface area contributed by atoms with Gasteiger partial charge in [0.1, 0.15) is 0 Å². The number of rotatable bonds is 1. The van der Waals surface area contributed by atoms with Gasteiger partial charge < -0.3 is 15.3 Å². The van der Waals surface area contributed by atoms with Gasteiger partial charge in [-0.05, 0) is 23.6 Å². The van der Waals surface area contributed by atoms with E-state index in [0.29, 0.717) is 17.5 Å². The molecule has 96 valence electrons. The Labute approximate surface area is 109 Å². The van der Waals surface area contributed by atoms with Crippen LogP contribution >= 0.6 is 0 Å². The number of carbonyl (C=O) groups is 1. The third-order valence-electron chi connectivity index (χ3n) is 3.48. The monoisotopic (exact) mass is 256 g/mol. The second-order valence-electron chi connectivity index (χ2n) is 4.59. The fourth-order valence-electron chi connectivity index (χ4n) is 2.52. The summed E-state index contributed by atoms with van der Waals surface area (Å²) < 4.78 is 0. The lowest BCUT2D eigenvalue weighted by atomic mass is 9.83. The number of aromatic hydroxyl groups is 2. The van der Waals surface area contributed by atoms with Crippen molar-refractivity contribution < 1.29 is 20.1 Å². The zero-order chi connectivity index (χ0) is 13.6. The highest BCUT2D eigenvalue weighted by Gasteiger charge is 2.28. The number of ketones is 1. The third kappa shape index (κ3) is 1.61. The van der Waals surface area contributed by atoms with Crippen LogP contribution in [0.1, 0.15) is 32.6 Å².